The van der Waals surface area contributed by atoms with Crippen LogP contribution in [0.15, 0.2) is 32.6 Å². The van der Waals surface area contributed by atoms with Crippen LogP contribution in [0.4, 0.5) is 10.1 Å². The smallest absolute Gasteiger partial charge is 0.284 e. The first-order chi connectivity index (χ1) is 11.4. The van der Waals surface area contributed by atoms with Gasteiger partial charge in [-0.3, -0.25) is 0 Å². The highest BCUT2D eigenvalue weighted by atomic mass is 32.2. The van der Waals surface area contributed by atoms with Gasteiger partial charge in [-0.25, -0.2) is 9.40 Å². The molecule has 0 radical (unpaired) electrons. The average Bonchev–Trinajstić information content (AvgIpc) is 3.18. The van der Waals surface area contributed by atoms with Gasteiger partial charge in [-0.1, -0.05) is 24.6 Å². The van der Waals surface area contributed by atoms with Crippen LogP contribution in [0.2, 0.25) is 0 Å². The second-order valence-corrected chi connectivity index (χ2v) is 8.49. The van der Waals surface area contributed by atoms with E-state index in [4.69, 9.17) is 5.73 Å². The summed E-state index contributed by atoms with van der Waals surface area (Å²) in [5, 5.41) is 6.26. The van der Waals surface area contributed by atoms with E-state index in [9.17, 15) is 12.8 Å². The lowest BCUT2D eigenvalue weighted by Gasteiger charge is -2.22. The molecular formula is C15H19FN4O2S2. The normalized spacial score (nSPS) is 20.2. The van der Waals surface area contributed by atoms with Gasteiger partial charge in [-0.05, 0) is 37.3 Å². The summed E-state index contributed by atoms with van der Waals surface area (Å²) in [6.45, 7) is 0.637. The van der Waals surface area contributed by atoms with E-state index in [0.29, 0.717) is 6.54 Å². The van der Waals surface area contributed by atoms with Gasteiger partial charge in [-0.15, -0.1) is 4.40 Å². The Labute approximate surface area is 145 Å². The number of thioether (sulfide) groups is 1. The average molecular weight is 370 g/mol. The van der Waals surface area contributed by atoms with Gasteiger partial charge < -0.3 is 5.73 Å². The standard InChI is InChI=1S/C15H19FN4O2S2/c1-23-14(20-10-15(9-18-20)6-2-3-7-15)19-24(21,22)11-4-5-13(17)12(16)8-11/h4-5,8-9H,2-3,6-7,10,17H2,1H3/b19-14-. The molecule has 1 aromatic carbocycles. The molecule has 9 heteroatoms. The number of nitrogens with two attached hydrogens (primary N) is 1. The van der Waals surface area contributed by atoms with Crippen LogP contribution in [0.3, 0.4) is 0 Å². The van der Waals surface area contributed by atoms with E-state index in [0.717, 1.165) is 31.7 Å². The maximum absolute atomic E-state index is 13.6. The minimum absolute atomic E-state index is 0.0353. The minimum Gasteiger partial charge on any atom is -0.396 e. The molecule has 0 amide bonds. The lowest BCUT2D eigenvalue weighted by Crippen LogP contribution is -2.30. The maximum atomic E-state index is 13.6. The molecule has 1 saturated carbocycles. The van der Waals surface area contributed by atoms with Crippen LogP contribution >= 0.6 is 11.8 Å². The van der Waals surface area contributed by atoms with Crippen LogP contribution < -0.4 is 5.73 Å². The van der Waals surface area contributed by atoms with Gasteiger partial charge in [0.15, 0.2) is 5.17 Å². The number of halogens is 1. The van der Waals surface area contributed by atoms with Crippen LogP contribution in [0.5, 0.6) is 0 Å². The number of sulfonamides is 1. The topological polar surface area (TPSA) is 88.1 Å². The second-order valence-electron chi connectivity index (χ2n) is 6.11. The Bertz CT molecular complexity index is 802. The molecule has 1 aliphatic carbocycles. The highest BCUT2D eigenvalue weighted by molar-refractivity contribution is 8.13. The van der Waals surface area contributed by atoms with Crippen molar-refractivity contribution in [2.45, 2.75) is 30.6 Å². The molecule has 0 saturated heterocycles. The van der Waals surface area contributed by atoms with Gasteiger partial charge in [0.2, 0.25) is 0 Å². The first-order valence-corrected chi connectivity index (χ1v) is 10.3. The van der Waals surface area contributed by atoms with Crippen LogP contribution in [0.25, 0.3) is 0 Å². The highest BCUT2D eigenvalue weighted by Crippen LogP contribution is 2.40. The zero-order chi connectivity index (χ0) is 17.4. The first kappa shape index (κ1) is 17.2. The third-order valence-corrected chi connectivity index (χ3v) is 6.45. The van der Waals surface area contributed by atoms with Crippen molar-refractivity contribution >= 4 is 38.9 Å². The Hall–Kier alpha value is -1.61. The minimum atomic E-state index is -4.03. The Morgan fingerprint density at radius 2 is 2.12 bits per heavy atom. The molecule has 1 aliphatic heterocycles. The van der Waals surface area contributed by atoms with E-state index in [1.54, 1.807) is 11.3 Å². The molecule has 0 unspecified atom stereocenters. The van der Waals surface area contributed by atoms with Crippen molar-refractivity contribution in [1.29, 1.82) is 0 Å². The van der Waals surface area contributed by atoms with Crippen LogP contribution in [-0.2, 0) is 10.0 Å². The number of nitrogens with zero attached hydrogens (tertiary/aromatic N) is 3. The van der Waals surface area contributed by atoms with E-state index in [1.165, 1.54) is 23.9 Å². The molecule has 6 nitrogen and oxygen atoms in total. The van der Waals surface area contributed by atoms with Crippen molar-refractivity contribution < 1.29 is 12.8 Å². The summed E-state index contributed by atoms with van der Waals surface area (Å²) < 4.78 is 42.3. The van der Waals surface area contributed by atoms with Crippen molar-refractivity contribution in [3.05, 3.63) is 24.0 Å². The lowest BCUT2D eigenvalue weighted by molar-refractivity contribution is 0.352. The fourth-order valence-electron chi connectivity index (χ4n) is 3.07. The van der Waals surface area contributed by atoms with Gasteiger partial charge in [0.25, 0.3) is 10.0 Å². The predicted octanol–water partition coefficient (Wildman–Crippen LogP) is 2.68. The van der Waals surface area contributed by atoms with Crippen molar-refractivity contribution in [2.24, 2.45) is 14.9 Å². The third kappa shape index (κ3) is 3.27. The molecule has 0 bridgehead atoms. The summed E-state index contributed by atoms with van der Waals surface area (Å²) in [4.78, 5) is -0.223. The van der Waals surface area contributed by atoms with Gasteiger partial charge in [0, 0.05) is 11.6 Å². The Balaban J connectivity index is 1.87. The van der Waals surface area contributed by atoms with Crippen molar-refractivity contribution in [3.8, 4) is 0 Å². The lowest BCUT2D eigenvalue weighted by atomic mass is 9.89. The molecule has 1 fully saturated rings. The quantitative estimate of drug-likeness (QED) is 0.491. The van der Waals surface area contributed by atoms with Gasteiger partial charge in [0.05, 0.1) is 17.1 Å². The molecule has 1 spiro atoms. The monoisotopic (exact) mass is 370 g/mol. The summed E-state index contributed by atoms with van der Waals surface area (Å²) >= 11 is 1.20. The molecule has 0 atom stereocenters. The fourth-order valence-corrected chi connectivity index (χ4v) is 4.88. The van der Waals surface area contributed by atoms with E-state index in [-0.39, 0.29) is 21.2 Å². The van der Waals surface area contributed by atoms with E-state index in [2.05, 4.69) is 9.50 Å². The van der Waals surface area contributed by atoms with Crippen LogP contribution in [0, 0.1) is 11.2 Å². The molecule has 1 aromatic rings. The summed E-state index contributed by atoms with van der Waals surface area (Å²) in [6, 6.07) is 3.36. The number of rotatable bonds is 2. The Morgan fingerprint density at radius 1 is 1.42 bits per heavy atom. The summed E-state index contributed by atoms with van der Waals surface area (Å²) in [5.74, 6) is -0.777. The molecule has 24 heavy (non-hydrogen) atoms. The van der Waals surface area contributed by atoms with E-state index in [1.807, 2.05) is 6.21 Å². The molecule has 2 N–H and O–H groups in total. The number of anilines is 1. The number of benzene rings is 1. The highest BCUT2D eigenvalue weighted by Gasteiger charge is 2.39. The number of hydrazone groups is 1. The van der Waals surface area contributed by atoms with Gasteiger partial charge in [0.1, 0.15) is 5.82 Å². The van der Waals surface area contributed by atoms with Crippen LogP contribution in [-0.4, -0.2) is 37.6 Å². The number of hydrogen-bond acceptors (Lipinski definition) is 5. The Kier molecular flexibility index (Phi) is 4.56. The largest absolute Gasteiger partial charge is 0.396 e. The van der Waals surface area contributed by atoms with Crippen molar-refractivity contribution in [3.63, 3.8) is 0 Å². The molecule has 0 aromatic heterocycles. The zero-order valence-electron chi connectivity index (χ0n) is 13.3. The summed E-state index contributed by atoms with van der Waals surface area (Å²) in [7, 11) is -4.03. The zero-order valence-corrected chi connectivity index (χ0v) is 14.9. The Morgan fingerprint density at radius 3 is 2.75 bits per heavy atom. The summed E-state index contributed by atoms with van der Waals surface area (Å²) in [5.41, 5.74) is 5.32. The molecule has 3 rings (SSSR count). The second kappa shape index (κ2) is 6.36. The summed E-state index contributed by atoms with van der Waals surface area (Å²) in [6.07, 6.45) is 8.10. The molecule has 130 valence electrons. The van der Waals surface area contributed by atoms with E-state index < -0.39 is 15.8 Å². The fraction of sp³-hybridized carbons (Fsp3) is 0.467. The third-order valence-electron chi connectivity index (χ3n) is 4.41. The van der Waals surface area contributed by atoms with Gasteiger partial charge in [-0.2, -0.15) is 13.5 Å². The molecule has 2 aliphatic rings. The molecular weight excluding hydrogens is 351 g/mol. The number of hydrogen-bond donors (Lipinski definition) is 1. The number of amidine groups is 1. The SMILES string of the molecule is CS/C(=N\S(=O)(=O)c1ccc(N)c(F)c1)N1CC2(C=N1)CCCC2. The van der Waals surface area contributed by atoms with Crippen molar-refractivity contribution in [2.75, 3.05) is 18.5 Å². The molecule has 1 heterocycles. The maximum Gasteiger partial charge on any atom is 0.284 e. The van der Waals surface area contributed by atoms with E-state index >= 15 is 0 Å². The predicted molar refractivity (Wildman–Crippen MR) is 95.0 cm³/mol. The van der Waals surface area contributed by atoms with Gasteiger partial charge >= 0.3 is 0 Å². The first-order valence-electron chi connectivity index (χ1n) is 7.62. The number of nitrogen functional groups attached to an aromatic ring is 1. The van der Waals surface area contributed by atoms with Crippen LogP contribution in [0.1, 0.15) is 25.7 Å². The van der Waals surface area contributed by atoms with Crippen molar-refractivity contribution in [1.82, 2.24) is 5.01 Å².